The number of hydrogen-bond donors (Lipinski definition) is 1. The largest absolute Gasteiger partial charge is 0.356 e. The van der Waals surface area contributed by atoms with Gasteiger partial charge in [0, 0.05) is 38.3 Å². The normalized spacial score (nSPS) is 22.8. The van der Waals surface area contributed by atoms with Crippen LogP contribution in [-0.2, 0) is 4.79 Å². The highest BCUT2D eigenvalue weighted by molar-refractivity contribution is 6.02. The molecule has 2 amide bonds. The van der Waals surface area contributed by atoms with Crippen molar-refractivity contribution in [1.29, 1.82) is 0 Å². The lowest BCUT2D eigenvalue weighted by Gasteiger charge is -2.35. The number of carbonyl (C=O) groups is 2. The number of aromatic nitrogens is 2. The Morgan fingerprint density at radius 1 is 1.10 bits per heavy atom. The van der Waals surface area contributed by atoms with Gasteiger partial charge in [0.1, 0.15) is 0 Å². The number of fused-ring (bicyclic) bond motifs is 2. The highest BCUT2D eigenvalue weighted by atomic mass is 16.5. The lowest BCUT2D eigenvalue weighted by molar-refractivity contribution is -0.122. The Labute approximate surface area is 170 Å². The SMILES string of the molecule is O=C1CC2CCCCN2CCCCN(C(=O)c2onc3ncccc23)CCCN1. The molecule has 2 aromatic rings. The van der Waals surface area contributed by atoms with Gasteiger partial charge in [0.15, 0.2) is 0 Å². The van der Waals surface area contributed by atoms with Crippen LogP contribution < -0.4 is 5.32 Å². The van der Waals surface area contributed by atoms with Crippen molar-refractivity contribution in [2.24, 2.45) is 0 Å². The molecule has 156 valence electrons. The average molecular weight is 399 g/mol. The first-order valence-corrected chi connectivity index (χ1v) is 10.7. The number of nitrogens with one attached hydrogen (secondary N) is 1. The second kappa shape index (κ2) is 9.35. The summed E-state index contributed by atoms with van der Waals surface area (Å²) < 4.78 is 5.33. The topological polar surface area (TPSA) is 91.6 Å². The molecule has 8 nitrogen and oxygen atoms in total. The third-order valence-corrected chi connectivity index (χ3v) is 5.96. The maximum atomic E-state index is 13.1. The zero-order valence-electron chi connectivity index (χ0n) is 16.8. The van der Waals surface area contributed by atoms with Crippen LogP contribution in [-0.4, -0.2) is 70.5 Å². The lowest BCUT2D eigenvalue weighted by Crippen LogP contribution is -2.43. The second-order valence-corrected chi connectivity index (χ2v) is 7.98. The number of hydrogen-bond acceptors (Lipinski definition) is 6. The van der Waals surface area contributed by atoms with Gasteiger partial charge in [-0.15, -0.1) is 0 Å². The molecule has 29 heavy (non-hydrogen) atoms. The summed E-state index contributed by atoms with van der Waals surface area (Å²) in [6, 6.07) is 3.94. The van der Waals surface area contributed by atoms with Crippen molar-refractivity contribution in [3.63, 3.8) is 0 Å². The molecule has 1 N–H and O–H groups in total. The van der Waals surface area contributed by atoms with Gasteiger partial charge in [0.2, 0.25) is 17.3 Å². The maximum absolute atomic E-state index is 13.1. The number of carbonyl (C=O) groups excluding carboxylic acids is 2. The van der Waals surface area contributed by atoms with Crippen molar-refractivity contribution in [3.05, 3.63) is 24.1 Å². The summed E-state index contributed by atoms with van der Waals surface area (Å²) in [7, 11) is 0. The summed E-state index contributed by atoms with van der Waals surface area (Å²) in [6.45, 7) is 3.88. The molecule has 2 saturated heterocycles. The van der Waals surface area contributed by atoms with Crippen LogP contribution in [0, 0.1) is 0 Å². The van der Waals surface area contributed by atoms with Gasteiger partial charge in [-0.25, -0.2) is 4.98 Å². The van der Waals surface area contributed by atoms with Gasteiger partial charge in [0.05, 0.1) is 5.39 Å². The molecule has 2 aliphatic heterocycles. The molecule has 2 aromatic heterocycles. The Hall–Kier alpha value is -2.48. The molecule has 0 aromatic carbocycles. The summed E-state index contributed by atoms with van der Waals surface area (Å²) in [6.07, 6.45) is 8.39. The first-order valence-electron chi connectivity index (χ1n) is 10.7. The lowest BCUT2D eigenvalue weighted by atomic mass is 9.98. The van der Waals surface area contributed by atoms with Gasteiger partial charge < -0.3 is 14.7 Å². The van der Waals surface area contributed by atoms with Crippen molar-refractivity contribution in [2.75, 3.05) is 32.7 Å². The molecule has 4 heterocycles. The van der Waals surface area contributed by atoms with Crippen molar-refractivity contribution >= 4 is 22.8 Å². The third-order valence-electron chi connectivity index (χ3n) is 5.96. The van der Waals surface area contributed by atoms with Crippen molar-refractivity contribution in [2.45, 2.75) is 51.0 Å². The first-order chi connectivity index (χ1) is 14.2. The molecule has 1 atom stereocenters. The van der Waals surface area contributed by atoms with E-state index in [4.69, 9.17) is 4.52 Å². The zero-order valence-corrected chi connectivity index (χ0v) is 16.8. The molecule has 4 rings (SSSR count). The standard InChI is InChI=1S/C21H29N5O3/c27-18-15-16-7-1-2-11-25(16)12-3-4-13-26(14-6-10-22-18)21(28)19-17-8-5-9-23-20(17)24-29-19/h5,8-9,16H,1-4,6-7,10-15H2,(H,22,27). The van der Waals surface area contributed by atoms with E-state index < -0.39 is 0 Å². The fourth-order valence-electron chi connectivity index (χ4n) is 4.38. The van der Waals surface area contributed by atoms with Gasteiger partial charge in [-0.3, -0.25) is 14.5 Å². The summed E-state index contributed by atoms with van der Waals surface area (Å²) in [4.78, 5) is 33.9. The Morgan fingerprint density at radius 3 is 2.79 bits per heavy atom. The molecule has 0 saturated carbocycles. The fourth-order valence-corrected chi connectivity index (χ4v) is 4.38. The van der Waals surface area contributed by atoms with Crippen LogP contribution in [0.25, 0.3) is 11.0 Å². The van der Waals surface area contributed by atoms with E-state index in [9.17, 15) is 9.59 Å². The van der Waals surface area contributed by atoms with Crippen molar-refractivity contribution in [1.82, 2.24) is 25.3 Å². The zero-order chi connectivity index (χ0) is 20.1. The Morgan fingerprint density at radius 2 is 1.90 bits per heavy atom. The Balaban J connectivity index is 1.45. The van der Waals surface area contributed by atoms with Crippen LogP contribution in [0.3, 0.4) is 0 Å². The van der Waals surface area contributed by atoms with Crippen molar-refractivity contribution < 1.29 is 14.1 Å². The monoisotopic (exact) mass is 399 g/mol. The molecule has 0 spiro atoms. The third kappa shape index (κ3) is 4.75. The summed E-state index contributed by atoms with van der Waals surface area (Å²) in [5.74, 6) is 0.210. The van der Waals surface area contributed by atoms with Crippen LogP contribution in [0.5, 0.6) is 0 Å². The Bertz CT molecular complexity index is 852. The fraction of sp³-hybridized carbons (Fsp3) is 0.619. The van der Waals surface area contributed by atoms with E-state index in [1.54, 1.807) is 12.3 Å². The van der Waals surface area contributed by atoms with E-state index in [2.05, 4.69) is 20.4 Å². The van der Waals surface area contributed by atoms with Gasteiger partial charge in [-0.1, -0.05) is 11.6 Å². The predicted octanol–water partition coefficient (Wildman–Crippen LogP) is 2.21. The number of rotatable bonds is 1. The molecule has 0 radical (unpaired) electrons. The van der Waals surface area contributed by atoms with Crippen LogP contribution in [0.2, 0.25) is 0 Å². The van der Waals surface area contributed by atoms with Crippen LogP contribution >= 0.6 is 0 Å². The molecular weight excluding hydrogens is 370 g/mol. The molecule has 0 bridgehead atoms. The minimum Gasteiger partial charge on any atom is -0.356 e. The number of pyridine rings is 1. The summed E-state index contributed by atoms with van der Waals surface area (Å²) in [5, 5.41) is 7.58. The molecular formula is C21H29N5O3. The minimum atomic E-state index is -0.155. The minimum absolute atomic E-state index is 0.117. The van der Waals surface area contributed by atoms with Crippen LogP contribution in [0.4, 0.5) is 0 Å². The first kappa shape index (κ1) is 19.8. The van der Waals surface area contributed by atoms with Gasteiger partial charge in [-0.05, 0) is 57.3 Å². The van der Waals surface area contributed by atoms with Crippen LogP contribution in [0.15, 0.2) is 22.9 Å². The smallest absolute Gasteiger partial charge is 0.293 e. The quantitative estimate of drug-likeness (QED) is 0.791. The highest BCUT2D eigenvalue weighted by Gasteiger charge is 2.26. The van der Waals surface area contributed by atoms with Crippen molar-refractivity contribution in [3.8, 4) is 0 Å². The molecule has 2 fully saturated rings. The van der Waals surface area contributed by atoms with E-state index >= 15 is 0 Å². The van der Waals surface area contributed by atoms with Crippen LogP contribution in [0.1, 0.15) is 55.5 Å². The highest BCUT2D eigenvalue weighted by Crippen LogP contribution is 2.21. The molecule has 1 unspecified atom stereocenters. The summed E-state index contributed by atoms with van der Waals surface area (Å²) >= 11 is 0. The van der Waals surface area contributed by atoms with E-state index in [1.165, 1.54) is 12.8 Å². The van der Waals surface area contributed by atoms with E-state index in [-0.39, 0.29) is 17.6 Å². The predicted molar refractivity (Wildman–Crippen MR) is 108 cm³/mol. The number of piperidine rings is 1. The van der Waals surface area contributed by atoms with Gasteiger partial charge >= 0.3 is 0 Å². The average Bonchev–Trinajstić information content (AvgIpc) is 3.17. The molecule has 2 aliphatic rings. The second-order valence-electron chi connectivity index (χ2n) is 7.98. The number of amides is 2. The van der Waals surface area contributed by atoms with E-state index in [0.29, 0.717) is 43.1 Å². The van der Waals surface area contributed by atoms with Gasteiger partial charge in [0.25, 0.3) is 5.91 Å². The maximum Gasteiger partial charge on any atom is 0.293 e. The van der Waals surface area contributed by atoms with Gasteiger partial charge in [-0.2, -0.15) is 0 Å². The van der Waals surface area contributed by atoms with E-state index in [1.807, 2.05) is 11.0 Å². The van der Waals surface area contributed by atoms with E-state index in [0.717, 1.165) is 38.8 Å². The number of nitrogens with zero attached hydrogens (tertiary/aromatic N) is 4. The summed E-state index contributed by atoms with van der Waals surface area (Å²) in [5.41, 5.74) is 0.449. The Kier molecular flexibility index (Phi) is 6.39. The molecule has 8 heteroatoms. The molecule has 0 aliphatic carbocycles.